The smallest absolute Gasteiger partial charge is 0.244 e. The Morgan fingerprint density at radius 3 is 2.75 bits per heavy atom. The van der Waals surface area contributed by atoms with Crippen molar-refractivity contribution in [1.82, 2.24) is 5.32 Å². The van der Waals surface area contributed by atoms with Crippen molar-refractivity contribution in [2.75, 3.05) is 12.3 Å². The Kier molecular flexibility index (Phi) is 6.36. The number of carbonyl (C=O) groups excluding carboxylic acids is 1. The highest BCUT2D eigenvalue weighted by Crippen LogP contribution is 2.22. The molecule has 2 nitrogen and oxygen atoms in total. The van der Waals surface area contributed by atoms with E-state index >= 15 is 0 Å². The molecule has 0 aliphatic rings. The molecule has 1 N–H and O–H groups in total. The molecular weight excluding hydrogens is 354 g/mol. The first-order chi connectivity index (χ1) is 9.74. The van der Waals surface area contributed by atoms with Gasteiger partial charge in [0.15, 0.2) is 0 Å². The predicted molar refractivity (Wildman–Crippen MR) is 91.2 cm³/mol. The number of hydrogen-bond acceptors (Lipinski definition) is 3. The molecule has 0 unspecified atom stereocenters. The number of rotatable bonds is 6. The lowest BCUT2D eigenvalue weighted by molar-refractivity contribution is -0.116. The van der Waals surface area contributed by atoms with Crippen LogP contribution in [0.15, 0.2) is 57.2 Å². The number of hydrogen-bond donors (Lipinski definition) is 1. The Hall–Kier alpha value is -1.04. The van der Waals surface area contributed by atoms with Gasteiger partial charge in [-0.15, -0.1) is 23.1 Å². The summed E-state index contributed by atoms with van der Waals surface area (Å²) in [7, 11) is 0. The lowest BCUT2D eigenvalue weighted by Gasteiger charge is -2.02. The van der Waals surface area contributed by atoms with E-state index in [2.05, 4.69) is 33.4 Å². The van der Waals surface area contributed by atoms with Crippen molar-refractivity contribution >= 4 is 51.0 Å². The first kappa shape index (κ1) is 15.4. The van der Waals surface area contributed by atoms with Gasteiger partial charge in [-0.3, -0.25) is 4.79 Å². The molecule has 1 heterocycles. The Balaban J connectivity index is 1.66. The quantitative estimate of drug-likeness (QED) is 0.464. The zero-order valence-corrected chi connectivity index (χ0v) is 13.9. The summed E-state index contributed by atoms with van der Waals surface area (Å²) in [6.45, 7) is 0.664. The van der Waals surface area contributed by atoms with Crippen LogP contribution in [0.4, 0.5) is 0 Å². The van der Waals surface area contributed by atoms with E-state index in [4.69, 9.17) is 0 Å². The lowest BCUT2D eigenvalue weighted by Crippen LogP contribution is -2.23. The van der Waals surface area contributed by atoms with Crippen LogP contribution in [0.2, 0.25) is 0 Å². The van der Waals surface area contributed by atoms with Crippen molar-refractivity contribution < 1.29 is 4.79 Å². The Morgan fingerprint density at radius 1 is 1.25 bits per heavy atom. The van der Waals surface area contributed by atoms with Crippen LogP contribution in [0.1, 0.15) is 4.88 Å². The molecule has 0 aliphatic heterocycles. The van der Waals surface area contributed by atoms with E-state index in [0.29, 0.717) is 6.54 Å². The summed E-state index contributed by atoms with van der Waals surface area (Å²) in [5.41, 5.74) is 0. The summed E-state index contributed by atoms with van der Waals surface area (Å²) in [5.74, 6) is 0.817. The van der Waals surface area contributed by atoms with Gasteiger partial charge in [-0.2, -0.15) is 0 Å². The Labute approximate surface area is 135 Å². The van der Waals surface area contributed by atoms with Gasteiger partial charge in [0.1, 0.15) is 0 Å². The normalized spacial score (nSPS) is 10.8. The number of thioether (sulfide) groups is 1. The molecule has 0 fully saturated rings. The number of thiophene rings is 1. The molecule has 0 spiro atoms. The van der Waals surface area contributed by atoms with Gasteiger partial charge in [-0.1, -0.05) is 18.2 Å². The molecule has 0 radical (unpaired) electrons. The summed E-state index contributed by atoms with van der Waals surface area (Å²) in [5, 5.41) is 2.88. The summed E-state index contributed by atoms with van der Waals surface area (Å²) in [4.78, 5) is 13.9. The number of carbonyl (C=O) groups is 1. The van der Waals surface area contributed by atoms with Crippen LogP contribution < -0.4 is 5.32 Å². The second-order valence-electron chi connectivity index (χ2n) is 3.93. The molecule has 2 rings (SSSR count). The van der Waals surface area contributed by atoms with Gasteiger partial charge in [0.25, 0.3) is 0 Å². The lowest BCUT2D eigenvalue weighted by atomic mass is 10.4. The molecule has 0 saturated carbocycles. The molecule has 0 bridgehead atoms. The highest BCUT2D eigenvalue weighted by molar-refractivity contribution is 9.11. The molecule has 5 heteroatoms. The van der Waals surface area contributed by atoms with Crippen molar-refractivity contribution in [3.05, 3.63) is 57.2 Å². The highest BCUT2D eigenvalue weighted by atomic mass is 79.9. The second-order valence-corrected chi connectivity index (χ2v) is 7.59. The number of benzene rings is 1. The van der Waals surface area contributed by atoms with Crippen LogP contribution in [0.5, 0.6) is 0 Å². The van der Waals surface area contributed by atoms with E-state index in [-0.39, 0.29) is 5.91 Å². The van der Waals surface area contributed by atoms with Crippen molar-refractivity contribution in [2.24, 2.45) is 0 Å². The van der Waals surface area contributed by atoms with Crippen molar-refractivity contribution in [3.8, 4) is 0 Å². The minimum atomic E-state index is -0.0526. The maximum Gasteiger partial charge on any atom is 0.244 e. The van der Waals surface area contributed by atoms with E-state index < -0.39 is 0 Å². The van der Waals surface area contributed by atoms with Gasteiger partial charge in [-0.25, -0.2) is 0 Å². The summed E-state index contributed by atoms with van der Waals surface area (Å²) in [6, 6.07) is 14.1. The van der Waals surface area contributed by atoms with Gasteiger partial charge in [-0.05, 0) is 46.3 Å². The molecule has 1 amide bonds. The van der Waals surface area contributed by atoms with Gasteiger partial charge >= 0.3 is 0 Å². The largest absolute Gasteiger partial charge is 0.352 e. The fourth-order valence-electron chi connectivity index (χ4n) is 1.49. The first-order valence-corrected chi connectivity index (χ1v) is 8.72. The third kappa shape index (κ3) is 5.53. The van der Waals surface area contributed by atoms with E-state index in [0.717, 1.165) is 14.4 Å². The van der Waals surface area contributed by atoms with E-state index in [1.165, 1.54) is 4.90 Å². The van der Waals surface area contributed by atoms with Gasteiger partial charge < -0.3 is 5.32 Å². The molecule has 0 saturated heterocycles. The highest BCUT2D eigenvalue weighted by Gasteiger charge is 1.97. The summed E-state index contributed by atoms with van der Waals surface area (Å²) in [6.07, 6.45) is 3.40. The zero-order chi connectivity index (χ0) is 14.2. The third-order valence-electron chi connectivity index (χ3n) is 2.41. The maximum atomic E-state index is 11.6. The summed E-state index contributed by atoms with van der Waals surface area (Å²) < 4.78 is 1.07. The van der Waals surface area contributed by atoms with E-state index in [9.17, 15) is 4.79 Å². The van der Waals surface area contributed by atoms with Gasteiger partial charge in [0, 0.05) is 28.1 Å². The monoisotopic (exact) mass is 367 g/mol. The van der Waals surface area contributed by atoms with Crippen LogP contribution in [0.3, 0.4) is 0 Å². The average molecular weight is 368 g/mol. The molecule has 0 atom stereocenters. The van der Waals surface area contributed by atoms with Crippen molar-refractivity contribution in [3.63, 3.8) is 0 Å². The minimum absolute atomic E-state index is 0.0526. The SMILES string of the molecule is O=C(/C=C/c1ccc(Br)s1)NCCSc1ccccc1. The minimum Gasteiger partial charge on any atom is -0.352 e. The van der Waals surface area contributed by atoms with E-state index in [1.54, 1.807) is 29.2 Å². The van der Waals surface area contributed by atoms with Crippen molar-refractivity contribution in [2.45, 2.75) is 4.90 Å². The molecule has 20 heavy (non-hydrogen) atoms. The maximum absolute atomic E-state index is 11.6. The predicted octanol–water partition coefficient (Wildman–Crippen LogP) is 4.43. The number of amides is 1. The molecule has 2 aromatic rings. The topological polar surface area (TPSA) is 29.1 Å². The fourth-order valence-corrected chi connectivity index (χ4v) is 3.61. The van der Waals surface area contributed by atoms with E-state index in [1.807, 2.05) is 36.4 Å². The third-order valence-corrected chi connectivity index (χ3v) is 5.01. The summed E-state index contributed by atoms with van der Waals surface area (Å²) >= 11 is 6.73. The zero-order valence-electron chi connectivity index (χ0n) is 10.7. The van der Waals surface area contributed by atoms with Crippen LogP contribution in [0.25, 0.3) is 6.08 Å². The fraction of sp³-hybridized carbons (Fsp3) is 0.133. The van der Waals surface area contributed by atoms with Crippen LogP contribution in [-0.2, 0) is 4.79 Å². The van der Waals surface area contributed by atoms with Gasteiger partial charge in [0.2, 0.25) is 5.91 Å². The second kappa shape index (κ2) is 8.29. The standard InChI is InChI=1S/C15H14BrNOS2/c16-14-8-6-13(20-14)7-9-15(18)17-10-11-19-12-4-2-1-3-5-12/h1-9H,10-11H2,(H,17,18)/b9-7+. The Morgan fingerprint density at radius 2 is 2.05 bits per heavy atom. The molecular formula is C15H14BrNOS2. The van der Waals surface area contributed by atoms with Crippen LogP contribution in [0, 0.1) is 0 Å². The van der Waals surface area contributed by atoms with Crippen LogP contribution in [-0.4, -0.2) is 18.2 Å². The molecule has 0 aliphatic carbocycles. The molecule has 1 aromatic heterocycles. The average Bonchev–Trinajstić information content (AvgIpc) is 2.88. The number of halogens is 1. The molecule has 104 valence electrons. The first-order valence-electron chi connectivity index (χ1n) is 6.13. The van der Waals surface area contributed by atoms with Gasteiger partial charge in [0.05, 0.1) is 3.79 Å². The van der Waals surface area contributed by atoms with Crippen LogP contribution >= 0.6 is 39.0 Å². The van der Waals surface area contributed by atoms with Crippen molar-refractivity contribution in [1.29, 1.82) is 0 Å². The molecule has 1 aromatic carbocycles. The Bertz CT molecular complexity index is 581. The number of nitrogens with one attached hydrogen (secondary N) is 1.